The van der Waals surface area contributed by atoms with Crippen molar-refractivity contribution in [2.24, 2.45) is 4.99 Å². The molecular weight excluding hydrogens is 543 g/mol. The molecule has 2 N–H and O–H groups in total. The van der Waals surface area contributed by atoms with Crippen molar-refractivity contribution in [1.29, 1.82) is 0 Å². The Bertz CT molecular complexity index is 747. The van der Waals surface area contributed by atoms with Gasteiger partial charge in [0.25, 0.3) is 5.91 Å². The lowest BCUT2D eigenvalue weighted by atomic mass is 10.2. The van der Waals surface area contributed by atoms with Gasteiger partial charge in [0, 0.05) is 37.1 Å². The number of carbonyl (C=O) groups excluding carboxylic acids is 1. The fourth-order valence-electron chi connectivity index (χ4n) is 2.37. The van der Waals surface area contributed by atoms with Crippen molar-refractivity contribution >= 4 is 63.1 Å². The van der Waals surface area contributed by atoms with Crippen LogP contribution in [0.3, 0.4) is 0 Å². The van der Waals surface area contributed by atoms with Crippen LogP contribution in [0, 0.1) is 6.92 Å². The first-order valence-electron chi connectivity index (χ1n) is 8.57. The normalized spacial score (nSPS) is 11.0. The molecule has 0 saturated carbocycles. The summed E-state index contributed by atoms with van der Waals surface area (Å²) in [6.45, 7) is 6.72. The van der Waals surface area contributed by atoms with Crippen molar-refractivity contribution < 1.29 is 9.21 Å². The monoisotopic (exact) mass is 568 g/mol. The number of furan rings is 1. The van der Waals surface area contributed by atoms with Crippen molar-refractivity contribution in [2.45, 2.75) is 26.8 Å². The van der Waals surface area contributed by atoms with Crippen LogP contribution in [0.25, 0.3) is 0 Å². The van der Waals surface area contributed by atoms with Gasteiger partial charge in [0.15, 0.2) is 11.7 Å². The van der Waals surface area contributed by atoms with Crippen LogP contribution >= 0.6 is 51.2 Å². The van der Waals surface area contributed by atoms with E-state index in [1.165, 1.54) is 11.1 Å². The van der Waals surface area contributed by atoms with Crippen LogP contribution in [0.1, 0.15) is 34.3 Å². The number of guanidine groups is 1. The van der Waals surface area contributed by atoms with Crippen LogP contribution < -0.4 is 10.6 Å². The standard InChI is InChI=1S/C18H25BrN4O2S.HI/c1-4-20-18(23(3)12-14-6-7-15(19)26-14)22-10-5-9-21-17(24)16-13(2)8-11-25-16;/h6-8,11H,4-5,9-10,12H2,1-3H3,(H,20,22)(H,21,24);1H. The number of hydrogen-bond donors (Lipinski definition) is 2. The van der Waals surface area contributed by atoms with E-state index in [9.17, 15) is 4.79 Å². The average Bonchev–Trinajstić information content (AvgIpc) is 3.21. The Kier molecular flexibility index (Phi) is 11.0. The molecular formula is C18H26BrIN4O2S. The lowest BCUT2D eigenvalue weighted by Crippen LogP contribution is -2.38. The van der Waals surface area contributed by atoms with Gasteiger partial charge >= 0.3 is 0 Å². The maximum Gasteiger partial charge on any atom is 0.287 e. The maximum atomic E-state index is 12.0. The highest BCUT2D eigenvalue weighted by Gasteiger charge is 2.11. The molecule has 2 heterocycles. The zero-order chi connectivity index (χ0) is 18.9. The highest BCUT2D eigenvalue weighted by atomic mass is 127. The van der Waals surface area contributed by atoms with Gasteiger partial charge in [0.2, 0.25) is 0 Å². The van der Waals surface area contributed by atoms with Crippen molar-refractivity contribution in [2.75, 3.05) is 26.7 Å². The second-order valence-electron chi connectivity index (χ2n) is 5.84. The van der Waals surface area contributed by atoms with Gasteiger partial charge in [-0.25, -0.2) is 0 Å². The molecule has 9 heteroatoms. The minimum Gasteiger partial charge on any atom is -0.459 e. The van der Waals surface area contributed by atoms with Gasteiger partial charge in [-0.2, -0.15) is 0 Å². The Hall–Kier alpha value is -1.07. The molecule has 0 aliphatic rings. The van der Waals surface area contributed by atoms with Crippen LogP contribution in [-0.2, 0) is 6.54 Å². The molecule has 0 atom stereocenters. The first-order chi connectivity index (χ1) is 12.5. The zero-order valence-corrected chi connectivity index (χ0v) is 20.5. The Labute approximate surface area is 190 Å². The first kappa shape index (κ1) is 24.0. The average molecular weight is 569 g/mol. The number of carbonyl (C=O) groups is 1. The van der Waals surface area contributed by atoms with E-state index in [1.807, 2.05) is 14.0 Å². The lowest BCUT2D eigenvalue weighted by molar-refractivity contribution is 0.0925. The van der Waals surface area contributed by atoms with Crippen molar-refractivity contribution in [3.63, 3.8) is 0 Å². The second-order valence-corrected chi connectivity index (χ2v) is 8.39. The predicted molar refractivity (Wildman–Crippen MR) is 125 cm³/mol. The van der Waals surface area contributed by atoms with E-state index >= 15 is 0 Å². The van der Waals surface area contributed by atoms with Gasteiger partial charge in [-0.15, -0.1) is 35.3 Å². The summed E-state index contributed by atoms with van der Waals surface area (Å²) in [6, 6.07) is 5.95. The summed E-state index contributed by atoms with van der Waals surface area (Å²) >= 11 is 5.21. The Morgan fingerprint density at radius 3 is 2.70 bits per heavy atom. The summed E-state index contributed by atoms with van der Waals surface area (Å²) < 4.78 is 6.31. The van der Waals surface area contributed by atoms with E-state index in [0.29, 0.717) is 18.8 Å². The van der Waals surface area contributed by atoms with Gasteiger partial charge < -0.3 is 20.0 Å². The summed E-state index contributed by atoms with van der Waals surface area (Å²) in [6.07, 6.45) is 2.29. The molecule has 0 aromatic carbocycles. The molecule has 0 fully saturated rings. The fraction of sp³-hybridized carbons (Fsp3) is 0.444. The van der Waals surface area contributed by atoms with Crippen LogP contribution in [0.4, 0.5) is 0 Å². The van der Waals surface area contributed by atoms with E-state index in [-0.39, 0.29) is 29.9 Å². The number of aryl methyl sites for hydroxylation is 1. The molecule has 0 aliphatic carbocycles. The minimum atomic E-state index is -0.177. The maximum absolute atomic E-state index is 12.0. The molecule has 0 spiro atoms. The second kappa shape index (κ2) is 12.4. The minimum absolute atomic E-state index is 0. The third-order valence-electron chi connectivity index (χ3n) is 3.67. The van der Waals surface area contributed by atoms with Gasteiger partial charge in [-0.3, -0.25) is 9.79 Å². The fourth-order valence-corrected chi connectivity index (χ4v) is 3.90. The molecule has 6 nitrogen and oxygen atoms in total. The molecule has 0 bridgehead atoms. The highest BCUT2D eigenvalue weighted by Crippen LogP contribution is 2.22. The van der Waals surface area contributed by atoms with E-state index in [2.05, 4.69) is 55.5 Å². The molecule has 0 saturated heterocycles. The summed E-state index contributed by atoms with van der Waals surface area (Å²) in [7, 11) is 2.02. The number of amides is 1. The number of nitrogens with zero attached hydrogens (tertiary/aromatic N) is 2. The van der Waals surface area contributed by atoms with Crippen LogP contribution in [0.2, 0.25) is 0 Å². The molecule has 0 unspecified atom stereocenters. The highest BCUT2D eigenvalue weighted by molar-refractivity contribution is 14.0. The molecule has 2 rings (SSSR count). The SMILES string of the molecule is CCNC(=NCCCNC(=O)c1occc1C)N(C)Cc1ccc(Br)s1.I. The van der Waals surface area contributed by atoms with E-state index in [4.69, 9.17) is 4.42 Å². The van der Waals surface area contributed by atoms with Gasteiger partial charge in [0.1, 0.15) is 0 Å². The van der Waals surface area contributed by atoms with Gasteiger partial charge in [0.05, 0.1) is 16.6 Å². The van der Waals surface area contributed by atoms with Gasteiger partial charge in [-0.1, -0.05) is 0 Å². The summed E-state index contributed by atoms with van der Waals surface area (Å²) in [4.78, 5) is 20.0. The number of hydrogen-bond acceptors (Lipinski definition) is 4. The first-order valence-corrected chi connectivity index (χ1v) is 10.2. The van der Waals surface area contributed by atoms with Crippen molar-refractivity contribution in [3.05, 3.63) is 44.4 Å². The van der Waals surface area contributed by atoms with E-state index in [1.54, 1.807) is 17.4 Å². The summed E-state index contributed by atoms with van der Waals surface area (Å²) in [5.74, 6) is 1.07. The van der Waals surface area contributed by atoms with E-state index in [0.717, 1.165) is 34.8 Å². The molecule has 2 aromatic rings. The number of rotatable bonds is 8. The Balaban J connectivity index is 0.00000364. The molecule has 2 aromatic heterocycles. The van der Waals surface area contributed by atoms with Crippen molar-refractivity contribution in [1.82, 2.24) is 15.5 Å². The third-order valence-corrected chi connectivity index (χ3v) is 5.28. The van der Waals surface area contributed by atoms with Crippen LogP contribution in [-0.4, -0.2) is 43.4 Å². The number of aliphatic imine (C=N–C) groups is 1. The number of nitrogens with one attached hydrogen (secondary N) is 2. The third kappa shape index (κ3) is 7.82. The molecule has 0 aliphatic heterocycles. The topological polar surface area (TPSA) is 69.9 Å². The quantitative estimate of drug-likeness (QED) is 0.216. The predicted octanol–water partition coefficient (Wildman–Crippen LogP) is 4.25. The zero-order valence-electron chi connectivity index (χ0n) is 15.8. The molecule has 1 amide bonds. The Morgan fingerprint density at radius 2 is 2.11 bits per heavy atom. The molecule has 0 radical (unpaired) electrons. The van der Waals surface area contributed by atoms with Crippen LogP contribution in [0.5, 0.6) is 0 Å². The lowest BCUT2D eigenvalue weighted by Gasteiger charge is -2.21. The summed E-state index contributed by atoms with van der Waals surface area (Å²) in [5.41, 5.74) is 0.844. The molecule has 27 heavy (non-hydrogen) atoms. The van der Waals surface area contributed by atoms with E-state index < -0.39 is 0 Å². The van der Waals surface area contributed by atoms with Crippen molar-refractivity contribution in [3.8, 4) is 0 Å². The number of halogens is 2. The smallest absolute Gasteiger partial charge is 0.287 e. The number of thiophene rings is 1. The van der Waals surface area contributed by atoms with Gasteiger partial charge in [-0.05, 0) is 54.4 Å². The summed E-state index contributed by atoms with van der Waals surface area (Å²) in [5, 5.41) is 6.17. The Morgan fingerprint density at radius 1 is 1.33 bits per heavy atom. The largest absolute Gasteiger partial charge is 0.459 e. The van der Waals surface area contributed by atoms with Crippen LogP contribution in [0.15, 0.2) is 37.7 Å². The molecule has 150 valence electrons.